The van der Waals surface area contributed by atoms with Gasteiger partial charge in [0.15, 0.2) is 0 Å². The van der Waals surface area contributed by atoms with E-state index in [-0.39, 0.29) is 16.3 Å². The maximum absolute atomic E-state index is 13.1. The van der Waals surface area contributed by atoms with Crippen molar-refractivity contribution >= 4 is 54.6 Å². The first kappa shape index (κ1) is 20.3. The molecular formula is C17H13Cl2NO4S3. The predicted molar refractivity (Wildman–Crippen MR) is 107 cm³/mol. The van der Waals surface area contributed by atoms with Gasteiger partial charge < -0.3 is 0 Å². The van der Waals surface area contributed by atoms with E-state index in [9.17, 15) is 16.8 Å². The summed E-state index contributed by atoms with van der Waals surface area (Å²) in [6, 6.07) is 12.3. The van der Waals surface area contributed by atoms with Crippen molar-refractivity contribution in [3.8, 4) is 0 Å². The van der Waals surface area contributed by atoms with Gasteiger partial charge in [0.1, 0.15) is 0 Å². The fourth-order valence-electron chi connectivity index (χ4n) is 2.28. The second-order valence-corrected chi connectivity index (χ2v) is 11.1. The molecule has 1 heterocycles. The first-order chi connectivity index (χ1) is 12.7. The van der Waals surface area contributed by atoms with Gasteiger partial charge in [0.2, 0.25) is 0 Å². The van der Waals surface area contributed by atoms with Crippen LogP contribution < -0.4 is 0 Å². The van der Waals surface area contributed by atoms with E-state index in [1.165, 1.54) is 59.9 Å². The van der Waals surface area contributed by atoms with Gasteiger partial charge >= 0.3 is 0 Å². The van der Waals surface area contributed by atoms with E-state index in [4.69, 9.17) is 23.2 Å². The first-order valence-electron chi connectivity index (χ1n) is 7.51. The van der Waals surface area contributed by atoms with Gasteiger partial charge in [-0.15, -0.1) is 0 Å². The van der Waals surface area contributed by atoms with Crippen molar-refractivity contribution in [1.82, 2.24) is 3.71 Å². The van der Waals surface area contributed by atoms with Crippen LogP contribution in [0.2, 0.25) is 10.0 Å². The van der Waals surface area contributed by atoms with E-state index >= 15 is 0 Å². The molecule has 0 radical (unpaired) electrons. The van der Waals surface area contributed by atoms with Crippen LogP contribution in [0, 0.1) is 0 Å². The molecule has 3 rings (SSSR count). The van der Waals surface area contributed by atoms with E-state index in [0.717, 1.165) is 0 Å². The van der Waals surface area contributed by atoms with Gasteiger partial charge in [-0.2, -0.15) is 11.3 Å². The lowest BCUT2D eigenvalue weighted by Crippen LogP contribution is -2.36. The van der Waals surface area contributed by atoms with Gasteiger partial charge in [0.25, 0.3) is 20.0 Å². The maximum Gasteiger partial charge on any atom is 0.256 e. The summed E-state index contributed by atoms with van der Waals surface area (Å²) < 4.78 is 53.0. The fraction of sp³-hybridized carbons (Fsp3) is 0.0588. The molecule has 5 nitrogen and oxygen atoms in total. The minimum atomic E-state index is -4.35. The minimum absolute atomic E-state index is 0.167. The Labute approximate surface area is 171 Å². The molecule has 0 aliphatic carbocycles. The molecule has 0 aliphatic heterocycles. The predicted octanol–water partition coefficient (Wildman–Crippen LogP) is 4.63. The van der Waals surface area contributed by atoms with Crippen molar-refractivity contribution < 1.29 is 16.8 Å². The molecule has 2 aromatic carbocycles. The van der Waals surface area contributed by atoms with Crippen molar-refractivity contribution in [2.24, 2.45) is 0 Å². The SMILES string of the molecule is O=S(=O)(c1ccc(Cl)cc1)N(Cc1ccsc1)S(=O)(=O)c1ccc(Cl)cc1. The van der Waals surface area contributed by atoms with E-state index in [1.54, 1.807) is 16.8 Å². The summed E-state index contributed by atoms with van der Waals surface area (Å²) in [7, 11) is -8.70. The highest BCUT2D eigenvalue weighted by molar-refractivity contribution is 8.04. The summed E-state index contributed by atoms with van der Waals surface area (Å²) in [6.07, 6.45) is 0. The Morgan fingerprint density at radius 1 is 0.741 bits per heavy atom. The Morgan fingerprint density at radius 3 is 1.56 bits per heavy atom. The number of nitrogens with zero attached hydrogens (tertiary/aromatic N) is 1. The number of thiophene rings is 1. The zero-order valence-corrected chi connectivity index (χ0v) is 17.6. The van der Waals surface area contributed by atoms with Crippen molar-refractivity contribution in [3.63, 3.8) is 0 Å². The van der Waals surface area contributed by atoms with Gasteiger partial charge in [0, 0.05) is 10.0 Å². The van der Waals surface area contributed by atoms with Crippen molar-refractivity contribution in [2.75, 3.05) is 0 Å². The molecule has 27 heavy (non-hydrogen) atoms. The molecule has 0 atom stereocenters. The molecule has 3 aromatic rings. The van der Waals surface area contributed by atoms with Crippen LogP contribution in [0.3, 0.4) is 0 Å². The van der Waals surface area contributed by atoms with Gasteiger partial charge in [-0.1, -0.05) is 26.9 Å². The Hall–Kier alpha value is -1.42. The van der Waals surface area contributed by atoms with Crippen LogP contribution >= 0.6 is 34.5 Å². The number of hydrogen-bond donors (Lipinski definition) is 0. The number of hydrogen-bond acceptors (Lipinski definition) is 5. The molecule has 142 valence electrons. The summed E-state index contributed by atoms with van der Waals surface area (Å²) in [5, 5.41) is 4.14. The van der Waals surface area contributed by atoms with Crippen LogP contribution in [0.15, 0.2) is 75.1 Å². The third kappa shape index (κ3) is 4.37. The molecule has 0 spiro atoms. The zero-order valence-electron chi connectivity index (χ0n) is 13.6. The Morgan fingerprint density at radius 2 is 1.19 bits per heavy atom. The number of sulfonamides is 2. The number of rotatable bonds is 6. The molecular weight excluding hydrogens is 449 g/mol. The van der Waals surface area contributed by atoms with Crippen LogP contribution in [-0.4, -0.2) is 20.5 Å². The highest BCUT2D eigenvalue weighted by atomic mass is 35.5. The molecule has 0 aliphatic rings. The molecule has 0 saturated carbocycles. The minimum Gasteiger partial charge on any atom is -0.206 e. The molecule has 10 heteroatoms. The van der Waals surface area contributed by atoms with E-state index in [1.807, 2.05) is 0 Å². The normalized spacial score (nSPS) is 12.4. The maximum atomic E-state index is 13.1. The Bertz CT molecular complexity index is 1050. The lowest BCUT2D eigenvalue weighted by molar-refractivity contribution is 0.495. The first-order valence-corrected chi connectivity index (χ1v) is 12.1. The monoisotopic (exact) mass is 461 g/mol. The Balaban J connectivity index is 2.13. The summed E-state index contributed by atoms with van der Waals surface area (Å²) in [5.74, 6) is 0. The Kier molecular flexibility index (Phi) is 5.95. The number of benzene rings is 2. The van der Waals surface area contributed by atoms with E-state index < -0.39 is 20.0 Å². The highest BCUT2D eigenvalue weighted by Crippen LogP contribution is 2.28. The lowest BCUT2D eigenvalue weighted by Gasteiger charge is -2.22. The topological polar surface area (TPSA) is 71.5 Å². The van der Waals surface area contributed by atoms with Crippen LogP contribution in [0.1, 0.15) is 5.56 Å². The smallest absolute Gasteiger partial charge is 0.206 e. The van der Waals surface area contributed by atoms with Gasteiger partial charge in [0.05, 0.1) is 16.3 Å². The van der Waals surface area contributed by atoms with Crippen molar-refractivity contribution in [1.29, 1.82) is 0 Å². The third-order valence-electron chi connectivity index (χ3n) is 3.65. The quantitative estimate of drug-likeness (QED) is 0.535. The largest absolute Gasteiger partial charge is 0.256 e. The van der Waals surface area contributed by atoms with Crippen LogP contribution in [-0.2, 0) is 26.6 Å². The van der Waals surface area contributed by atoms with Crippen LogP contribution in [0.25, 0.3) is 0 Å². The molecule has 0 saturated heterocycles. The third-order valence-corrected chi connectivity index (χ3v) is 9.13. The summed E-state index contributed by atoms with van der Waals surface area (Å²) in [4.78, 5) is -0.334. The average molecular weight is 462 g/mol. The molecule has 0 unspecified atom stereocenters. The van der Waals surface area contributed by atoms with Gasteiger partial charge in [-0.25, -0.2) is 16.8 Å². The van der Waals surface area contributed by atoms with Crippen LogP contribution in [0.5, 0.6) is 0 Å². The van der Waals surface area contributed by atoms with Crippen LogP contribution in [0.4, 0.5) is 0 Å². The van der Waals surface area contributed by atoms with Crippen molar-refractivity contribution in [3.05, 3.63) is 81.0 Å². The molecule has 0 bridgehead atoms. The standard InChI is InChI=1S/C17H13Cl2NO4S3/c18-14-1-5-16(6-2-14)26(21,22)20(11-13-9-10-25-12-13)27(23,24)17-7-3-15(19)4-8-17/h1-10,12H,11H2. The fourth-order valence-corrected chi connectivity index (χ4v) is 6.81. The summed E-state index contributed by atoms with van der Waals surface area (Å²) in [5.41, 5.74) is 0.565. The van der Waals surface area contributed by atoms with Crippen molar-refractivity contribution in [2.45, 2.75) is 16.3 Å². The second kappa shape index (κ2) is 7.90. The molecule has 0 amide bonds. The highest BCUT2D eigenvalue weighted by Gasteiger charge is 2.36. The molecule has 1 aromatic heterocycles. The van der Waals surface area contributed by atoms with E-state index in [2.05, 4.69) is 0 Å². The summed E-state index contributed by atoms with van der Waals surface area (Å²) in [6.45, 7) is -0.320. The molecule has 0 fully saturated rings. The van der Waals surface area contributed by atoms with Gasteiger partial charge in [-0.05, 0) is 70.9 Å². The second-order valence-electron chi connectivity index (χ2n) is 5.48. The number of halogens is 2. The zero-order chi connectivity index (χ0) is 19.7. The summed E-state index contributed by atoms with van der Waals surface area (Å²) >= 11 is 13.0. The lowest BCUT2D eigenvalue weighted by atomic mass is 10.4. The average Bonchev–Trinajstić information content (AvgIpc) is 3.13. The van der Waals surface area contributed by atoms with Gasteiger partial charge in [-0.3, -0.25) is 0 Å². The molecule has 0 N–H and O–H groups in total. The van der Waals surface area contributed by atoms with E-state index in [0.29, 0.717) is 19.3 Å².